The van der Waals surface area contributed by atoms with Crippen molar-refractivity contribution in [3.63, 3.8) is 0 Å². The van der Waals surface area contributed by atoms with Crippen molar-refractivity contribution in [3.05, 3.63) is 29.0 Å². The Morgan fingerprint density at radius 3 is 3.00 bits per heavy atom. The zero-order chi connectivity index (χ0) is 14.7. The summed E-state index contributed by atoms with van der Waals surface area (Å²) in [6.45, 7) is 2.40. The Kier molecular flexibility index (Phi) is 4.83. The summed E-state index contributed by atoms with van der Waals surface area (Å²) in [5.74, 6) is -0.108. The molecule has 1 saturated heterocycles. The van der Waals surface area contributed by atoms with Crippen molar-refractivity contribution in [2.24, 2.45) is 5.92 Å². The Balaban J connectivity index is 1.95. The van der Waals surface area contributed by atoms with Gasteiger partial charge in [-0.1, -0.05) is 18.5 Å². The number of likely N-dealkylation sites (tertiary alicyclic amines) is 1. The van der Waals surface area contributed by atoms with E-state index >= 15 is 0 Å². The van der Waals surface area contributed by atoms with Crippen LogP contribution in [0.2, 0.25) is 5.02 Å². The second-order valence-corrected chi connectivity index (χ2v) is 5.37. The van der Waals surface area contributed by atoms with E-state index in [0.717, 1.165) is 12.5 Å². The lowest BCUT2D eigenvalue weighted by Crippen LogP contribution is -2.42. The number of aliphatic hydroxyl groups excluding tert-OH is 1. The molecular formula is C14H17ClFNO3. The number of benzene rings is 1. The van der Waals surface area contributed by atoms with Gasteiger partial charge < -0.3 is 14.7 Å². The summed E-state index contributed by atoms with van der Waals surface area (Å²) in [6, 6.07) is 3.59. The molecule has 0 aliphatic carbocycles. The highest BCUT2D eigenvalue weighted by molar-refractivity contribution is 6.32. The molecule has 1 aliphatic rings. The Bertz CT molecular complexity index is 497. The molecule has 4 nitrogen and oxygen atoms in total. The highest BCUT2D eigenvalue weighted by Crippen LogP contribution is 2.26. The van der Waals surface area contributed by atoms with Crippen molar-refractivity contribution < 1.29 is 19.0 Å². The predicted molar refractivity (Wildman–Crippen MR) is 73.3 cm³/mol. The lowest BCUT2D eigenvalue weighted by atomic mass is 10.0. The molecule has 2 rings (SSSR count). The summed E-state index contributed by atoms with van der Waals surface area (Å²) in [6.07, 6.45) is 0.869. The van der Waals surface area contributed by atoms with Crippen molar-refractivity contribution in [1.82, 2.24) is 4.90 Å². The normalized spacial score (nSPS) is 22.1. The van der Waals surface area contributed by atoms with Gasteiger partial charge in [-0.05, 0) is 30.5 Å². The van der Waals surface area contributed by atoms with E-state index in [1.807, 2.05) is 6.92 Å². The second-order valence-electron chi connectivity index (χ2n) is 4.97. The van der Waals surface area contributed by atoms with Crippen LogP contribution in [0.1, 0.15) is 13.3 Å². The van der Waals surface area contributed by atoms with Crippen LogP contribution >= 0.6 is 11.6 Å². The van der Waals surface area contributed by atoms with Crippen LogP contribution in [0.4, 0.5) is 4.39 Å². The monoisotopic (exact) mass is 301 g/mol. The molecule has 110 valence electrons. The number of hydrogen-bond donors (Lipinski definition) is 1. The first-order valence-electron chi connectivity index (χ1n) is 6.51. The fourth-order valence-corrected chi connectivity index (χ4v) is 2.63. The molecule has 1 N–H and O–H groups in total. The van der Waals surface area contributed by atoms with E-state index in [2.05, 4.69) is 0 Å². The number of carbonyl (C=O) groups is 1. The Morgan fingerprint density at radius 1 is 1.60 bits per heavy atom. The number of amides is 1. The number of carbonyl (C=O) groups excluding carboxylic acids is 1. The van der Waals surface area contributed by atoms with Crippen LogP contribution in [0.5, 0.6) is 5.75 Å². The van der Waals surface area contributed by atoms with E-state index in [4.69, 9.17) is 16.3 Å². The largest absolute Gasteiger partial charge is 0.482 e. The summed E-state index contributed by atoms with van der Waals surface area (Å²) in [5.41, 5.74) is 0. The average molecular weight is 302 g/mol. The topological polar surface area (TPSA) is 49.8 Å². The van der Waals surface area contributed by atoms with Gasteiger partial charge in [-0.25, -0.2) is 4.39 Å². The van der Waals surface area contributed by atoms with Crippen LogP contribution in [0.15, 0.2) is 18.2 Å². The fraction of sp³-hybridized carbons (Fsp3) is 0.500. The molecule has 0 radical (unpaired) electrons. The van der Waals surface area contributed by atoms with Crippen molar-refractivity contribution in [2.45, 2.75) is 19.4 Å². The summed E-state index contributed by atoms with van der Waals surface area (Å²) in [7, 11) is 0. The van der Waals surface area contributed by atoms with Crippen molar-refractivity contribution in [3.8, 4) is 5.75 Å². The molecular weight excluding hydrogens is 285 g/mol. The third kappa shape index (κ3) is 3.22. The first kappa shape index (κ1) is 15.1. The molecule has 1 amide bonds. The van der Waals surface area contributed by atoms with Gasteiger partial charge in [-0.3, -0.25) is 4.79 Å². The maximum atomic E-state index is 12.9. The summed E-state index contributed by atoms with van der Waals surface area (Å²) in [5, 5.41) is 9.45. The minimum atomic E-state index is -0.456. The van der Waals surface area contributed by atoms with Crippen LogP contribution in [0.3, 0.4) is 0 Å². The van der Waals surface area contributed by atoms with E-state index in [1.165, 1.54) is 12.1 Å². The van der Waals surface area contributed by atoms with Gasteiger partial charge in [0.1, 0.15) is 11.6 Å². The van der Waals surface area contributed by atoms with Gasteiger partial charge in [-0.2, -0.15) is 0 Å². The summed E-state index contributed by atoms with van der Waals surface area (Å²) in [4.78, 5) is 13.7. The minimum absolute atomic E-state index is 0.0514. The van der Waals surface area contributed by atoms with Gasteiger partial charge >= 0.3 is 0 Å². The Morgan fingerprint density at radius 2 is 2.35 bits per heavy atom. The minimum Gasteiger partial charge on any atom is -0.482 e. The number of hydrogen-bond acceptors (Lipinski definition) is 3. The van der Waals surface area contributed by atoms with E-state index in [1.54, 1.807) is 4.90 Å². The second kappa shape index (κ2) is 6.41. The van der Waals surface area contributed by atoms with Crippen LogP contribution < -0.4 is 4.74 Å². The third-order valence-corrected chi connectivity index (χ3v) is 3.93. The Hall–Kier alpha value is -1.33. The molecule has 1 fully saturated rings. The molecule has 0 saturated carbocycles. The summed E-state index contributed by atoms with van der Waals surface area (Å²) < 4.78 is 18.2. The van der Waals surface area contributed by atoms with Crippen molar-refractivity contribution in [1.29, 1.82) is 0 Å². The van der Waals surface area contributed by atoms with E-state index in [0.29, 0.717) is 6.54 Å². The van der Waals surface area contributed by atoms with Gasteiger partial charge in [0.05, 0.1) is 17.7 Å². The molecule has 20 heavy (non-hydrogen) atoms. The standard InChI is InChI=1S/C14H17ClFNO3/c1-9-4-5-17(12(9)7-18)14(19)8-20-13-3-2-10(16)6-11(13)15/h2-3,6,9,12,18H,4-5,7-8H2,1H3. The molecule has 1 heterocycles. The van der Waals surface area contributed by atoms with E-state index in [-0.39, 0.29) is 41.9 Å². The molecule has 0 aromatic heterocycles. The van der Waals surface area contributed by atoms with E-state index in [9.17, 15) is 14.3 Å². The third-order valence-electron chi connectivity index (χ3n) is 3.64. The predicted octanol–water partition coefficient (Wildman–Crippen LogP) is 2.09. The van der Waals surface area contributed by atoms with Crippen LogP contribution in [-0.2, 0) is 4.79 Å². The Labute approximate surface area is 122 Å². The van der Waals surface area contributed by atoms with Gasteiger partial charge in [0, 0.05) is 6.54 Å². The van der Waals surface area contributed by atoms with Crippen LogP contribution in [0.25, 0.3) is 0 Å². The summed E-state index contributed by atoms with van der Waals surface area (Å²) >= 11 is 5.82. The van der Waals surface area contributed by atoms with Crippen molar-refractivity contribution in [2.75, 3.05) is 19.8 Å². The quantitative estimate of drug-likeness (QED) is 0.926. The molecule has 0 spiro atoms. The van der Waals surface area contributed by atoms with Crippen LogP contribution in [0, 0.1) is 11.7 Å². The molecule has 1 aromatic rings. The van der Waals surface area contributed by atoms with Gasteiger partial charge in [0.15, 0.2) is 6.61 Å². The number of rotatable bonds is 4. The smallest absolute Gasteiger partial charge is 0.260 e. The SMILES string of the molecule is CC1CCN(C(=O)COc2ccc(F)cc2Cl)C1CO. The average Bonchev–Trinajstić information content (AvgIpc) is 2.78. The van der Waals surface area contributed by atoms with Gasteiger partial charge in [0.25, 0.3) is 5.91 Å². The maximum Gasteiger partial charge on any atom is 0.260 e. The lowest BCUT2D eigenvalue weighted by molar-refractivity contribution is -0.135. The van der Waals surface area contributed by atoms with Crippen molar-refractivity contribution >= 4 is 17.5 Å². The highest BCUT2D eigenvalue weighted by atomic mass is 35.5. The molecule has 2 unspecified atom stereocenters. The maximum absolute atomic E-state index is 12.9. The molecule has 0 bridgehead atoms. The number of nitrogens with zero attached hydrogens (tertiary/aromatic N) is 1. The van der Waals surface area contributed by atoms with Gasteiger partial charge in [-0.15, -0.1) is 0 Å². The number of ether oxygens (including phenoxy) is 1. The molecule has 6 heteroatoms. The fourth-order valence-electron chi connectivity index (χ4n) is 2.41. The zero-order valence-corrected chi connectivity index (χ0v) is 11.9. The first-order valence-corrected chi connectivity index (χ1v) is 6.89. The zero-order valence-electron chi connectivity index (χ0n) is 11.2. The number of halogens is 2. The van der Waals surface area contributed by atoms with E-state index < -0.39 is 5.82 Å². The lowest BCUT2D eigenvalue weighted by Gasteiger charge is -2.25. The highest BCUT2D eigenvalue weighted by Gasteiger charge is 2.33. The molecule has 2 atom stereocenters. The number of aliphatic hydroxyl groups is 1. The molecule has 1 aromatic carbocycles. The van der Waals surface area contributed by atoms with Gasteiger partial charge in [0.2, 0.25) is 0 Å². The van der Waals surface area contributed by atoms with Crippen LogP contribution in [-0.4, -0.2) is 41.7 Å². The first-order chi connectivity index (χ1) is 9.52. The molecule has 1 aliphatic heterocycles.